The third-order valence-corrected chi connectivity index (χ3v) is 4.35. The summed E-state index contributed by atoms with van der Waals surface area (Å²) >= 11 is 1.33. The average molecular weight is 372 g/mol. The van der Waals surface area contributed by atoms with Gasteiger partial charge < -0.3 is 10.1 Å². The van der Waals surface area contributed by atoms with Crippen LogP contribution >= 0.6 is 11.3 Å². The largest absolute Gasteiger partial charge is 0.496 e. The summed E-state index contributed by atoms with van der Waals surface area (Å²) in [5.41, 5.74) is 0.254. The molecule has 0 fully saturated rings. The molecule has 0 saturated heterocycles. The highest BCUT2D eigenvalue weighted by Gasteiger charge is 2.34. The van der Waals surface area contributed by atoms with Gasteiger partial charge in [0.1, 0.15) is 5.75 Å². The highest BCUT2D eigenvalue weighted by atomic mass is 32.1. The zero-order valence-electron chi connectivity index (χ0n) is 14.3. The minimum atomic E-state index is -4.49. The maximum absolute atomic E-state index is 13.0. The van der Waals surface area contributed by atoms with E-state index in [1.807, 2.05) is 13.8 Å². The fraction of sp³-hybridized carbons (Fsp3) is 0.412. The first-order chi connectivity index (χ1) is 11.6. The van der Waals surface area contributed by atoms with Crippen molar-refractivity contribution in [2.24, 2.45) is 5.92 Å². The van der Waals surface area contributed by atoms with Gasteiger partial charge in [0, 0.05) is 17.4 Å². The van der Waals surface area contributed by atoms with Gasteiger partial charge in [-0.05, 0) is 24.5 Å². The van der Waals surface area contributed by atoms with Gasteiger partial charge in [0.15, 0.2) is 5.13 Å². The van der Waals surface area contributed by atoms with Gasteiger partial charge in [-0.2, -0.15) is 13.2 Å². The number of benzene rings is 1. The first-order valence-corrected chi connectivity index (χ1v) is 8.46. The number of hydrogen-bond donors (Lipinski definition) is 1. The molecule has 2 aromatic rings. The number of methoxy groups -OCH3 is 1. The predicted octanol–water partition coefficient (Wildman–Crippen LogP) is 4.99. The number of carbonyl (C=O) groups is 1. The molecule has 1 aromatic carbocycles. The first-order valence-electron chi connectivity index (χ1n) is 7.64. The molecule has 25 heavy (non-hydrogen) atoms. The Hall–Kier alpha value is -2.09. The van der Waals surface area contributed by atoms with Crippen LogP contribution in [0, 0.1) is 5.92 Å². The van der Waals surface area contributed by atoms with E-state index >= 15 is 0 Å². The molecule has 136 valence electrons. The average Bonchev–Trinajstić information content (AvgIpc) is 2.86. The Kier molecular flexibility index (Phi) is 5.72. The number of halogens is 3. The number of ether oxygens (including phenoxy) is 1. The summed E-state index contributed by atoms with van der Waals surface area (Å²) < 4.78 is 44.0. The van der Waals surface area contributed by atoms with Gasteiger partial charge in [-0.3, -0.25) is 4.79 Å². The topological polar surface area (TPSA) is 51.2 Å². The van der Waals surface area contributed by atoms with E-state index in [1.165, 1.54) is 37.5 Å². The van der Waals surface area contributed by atoms with Gasteiger partial charge in [0.25, 0.3) is 0 Å². The highest BCUT2D eigenvalue weighted by molar-refractivity contribution is 7.16. The second-order valence-electron chi connectivity index (χ2n) is 5.98. The van der Waals surface area contributed by atoms with Crippen molar-refractivity contribution in [2.45, 2.75) is 33.4 Å². The minimum absolute atomic E-state index is 0.249. The normalized spacial score (nSPS) is 11.7. The monoisotopic (exact) mass is 372 g/mol. The standard InChI is InChI=1S/C17H19F3N2O2S/c1-9(2)7-14-15(22-16(25-14)21-10(3)23)11-5-6-12(17(18,19)20)13(8-11)24-4/h5-6,8-9H,7H2,1-4H3,(H,21,22,23). The molecule has 1 heterocycles. The molecule has 0 aliphatic rings. The molecule has 0 atom stereocenters. The number of anilines is 1. The van der Waals surface area contributed by atoms with E-state index in [4.69, 9.17) is 4.74 Å². The summed E-state index contributed by atoms with van der Waals surface area (Å²) in [4.78, 5) is 16.6. The minimum Gasteiger partial charge on any atom is -0.496 e. The van der Waals surface area contributed by atoms with Crippen LogP contribution in [0.3, 0.4) is 0 Å². The number of nitrogens with one attached hydrogen (secondary N) is 1. The van der Waals surface area contributed by atoms with Crippen LogP contribution in [0.2, 0.25) is 0 Å². The lowest BCUT2D eigenvalue weighted by molar-refractivity contribution is -0.138. The molecule has 0 saturated carbocycles. The van der Waals surface area contributed by atoms with Gasteiger partial charge in [-0.1, -0.05) is 19.9 Å². The molecule has 1 N–H and O–H groups in total. The summed E-state index contributed by atoms with van der Waals surface area (Å²) in [6.07, 6.45) is -3.79. The lowest BCUT2D eigenvalue weighted by atomic mass is 10.0. The quantitative estimate of drug-likeness (QED) is 0.804. The van der Waals surface area contributed by atoms with Gasteiger partial charge in [0.05, 0.1) is 18.4 Å². The number of carbonyl (C=O) groups excluding carboxylic acids is 1. The van der Waals surface area contributed by atoms with Crippen LogP contribution in [-0.2, 0) is 17.4 Å². The van der Waals surface area contributed by atoms with E-state index < -0.39 is 11.7 Å². The summed E-state index contributed by atoms with van der Waals surface area (Å²) in [5, 5.41) is 3.06. The third-order valence-electron chi connectivity index (χ3n) is 3.35. The van der Waals surface area contributed by atoms with Crippen LogP contribution in [0.15, 0.2) is 18.2 Å². The van der Waals surface area contributed by atoms with E-state index in [1.54, 1.807) is 0 Å². The van der Waals surface area contributed by atoms with Crippen LogP contribution in [0.4, 0.5) is 18.3 Å². The fourth-order valence-corrected chi connectivity index (χ4v) is 3.61. The number of alkyl halides is 3. The van der Waals surface area contributed by atoms with Crippen molar-refractivity contribution < 1.29 is 22.7 Å². The Morgan fingerprint density at radius 1 is 1.36 bits per heavy atom. The van der Waals surface area contributed by atoms with Gasteiger partial charge >= 0.3 is 6.18 Å². The van der Waals surface area contributed by atoms with Crippen molar-refractivity contribution in [3.8, 4) is 17.0 Å². The molecule has 0 bridgehead atoms. The Morgan fingerprint density at radius 2 is 2.04 bits per heavy atom. The van der Waals surface area contributed by atoms with Crippen LogP contribution < -0.4 is 10.1 Å². The van der Waals surface area contributed by atoms with Crippen molar-refractivity contribution in [1.82, 2.24) is 4.98 Å². The van der Waals surface area contributed by atoms with E-state index in [0.717, 1.165) is 10.9 Å². The summed E-state index contributed by atoms with van der Waals surface area (Å²) in [6, 6.07) is 3.70. The third kappa shape index (κ3) is 4.72. The zero-order valence-corrected chi connectivity index (χ0v) is 15.1. The van der Waals surface area contributed by atoms with Crippen molar-refractivity contribution in [2.75, 3.05) is 12.4 Å². The first kappa shape index (κ1) is 19.2. The Labute approximate surface area is 148 Å². The van der Waals surface area contributed by atoms with Crippen molar-refractivity contribution >= 4 is 22.4 Å². The maximum Gasteiger partial charge on any atom is 0.419 e. The molecule has 1 amide bonds. The number of hydrogen-bond acceptors (Lipinski definition) is 4. The van der Waals surface area contributed by atoms with Crippen molar-refractivity contribution in [3.63, 3.8) is 0 Å². The second kappa shape index (κ2) is 7.43. The van der Waals surface area contributed by atoms with Crippen molar-refractivity contribution in [3.05, 3.63) is 28.6 Å². The number of rotatable bonds is 5. The Balaban J connectivity index is 2.52. The van der Waals surface area contributed by atoms with Crippen LogP contribution in [0.25, 0.3) is 11.3 Å². The van der Waals surface area contributed by atoms with Crippen LogP contribution in [-0.4, -0.2) is 18.0 Å². The lowest BCUT2D eigenvalue weighted by Crippen LogP contribution is -2.07. The smallest absolute Gasteiger partial charge is 0.419 e. The molecule has 0 radical (unpaired) electrons. The van der Waals surface area contributed by atoms with E-state index in [-0.39, 0.29) is 11.7 Å². The summed E-state index contributed by atoms with van der Waals surface area (Å²) in [7, 11) is 1.20. The SMILES string of the molecule is COc1cc(-c2nc(NC(C)=O)sc2CC(C)C)ccc1C(F)(F)F. The van der Waals surface area contributed by atoms with Crippen LogP contribution in [0.1, 0.15) is 31.2 Å². The lowest BCUT2D eigenvalue weighted by Gasteiger charge is -2.13. The summed E-state index contributed by atoms with van der Waals surface area (Å²) in [6.45, 7) is 5.45. The Bertz CT molecular complexity index is 770. The van der Waals surface area contributed by atoms with Gasteiger partial charge in [-0.25, -0.2) is 4.98 Å². The molecule has 0 unspecified atom stereocenters. The molecule has 1 aromatic heterocycles. The predicted molar refractivity (Wildman–Crippen MR) is 91.9 cm³/mol. The molecule has 4 nitrogen and oxygen atoms in total. The molecule has 0 aliphatic heterocycles. The molecule has 0 aliphatic carbocycles. The molecule has 8 heteroatoms. The number of aromatic nitrogens is 1. The zero-order chi connectivity index (χ0) is 18.8. The van der Waals surface area contributed by atoms with E-state index in [9.17, 15) is 18.0 Å². The van der Waals surface area contributed by atoms with Crippen LogP contribution in [0.5, 0.6) is 5.75 Å². The van der Waals surface area contributed by atoms with Gasteiger partial charge in [-0.15, -0.1) is 11.3 Å². The highest BCUT2D eigenvalue weighted by Crippen LogP contribution is 2.40. The van der Waals surface area contributed by atoms with Crippen molar-refractivity contribution in [1.29, 1.82) is 0 Å². The fourth-order valence-electron chi connectivity index (χ4n) is 2.36. The van der Waals surface area contributed by atoms with E-state index in [0.29, 0.717) is 28.7 Å². The molecule has 2 rings (SSSR count). The number of nitrogens with zero attached hydrogens (tertiary/aromatic N) is 1. The molecule has 0 spiro atoms. The van der Waals surface area contributed by atoms with Gasteiger partial charge in [0.2, 0.25) is 5.91 Å². The number of thiazole rings is 1. The second-order valence-corrected chi connectivity index (χ2v) is 7.07. The number of amides is 1. The Morgan fingerprint density at radius 3 is 2.56 bits per heavy atom. The van der Waals surface area contributed by atoms with E-state index in [2.05, 4.69) is 10.3 Å². The molecular formula is C17H19F3N2O2S. The summed E-state index contributed by atoms with van der Waals surface area (Å²) in [5.74, 6) is -0.170. The maximum atomic E-state index is 13.0. The molecular weight excluding hydrogens is 353 g/mol.